The number of rotatable bonds is 14. The van der Waals surface area contributed by atoms with Gasteiger partial charge in [0.15, 0.2) is 11.5 Å². The minimum Gasteiger partial charge on any atom is -0.502 e. The summed E-state index contributed by atoms with van der Waals surface area (Å²) in [5.74, 6) is 0.169. The number of benzene rings is 1. The van der Waals surface area contributed by atoms with Gasteiger partial charge in [-0.25, -0.2) is 4.79 Å². The van der Waals surface area contributed by atoms with Crippen LogP contribution in [0.25, 0.3) is 0 Å². The summed E-state index contributed by atoms with van der Waals surface area (Å²) in [7, 11) is 0. The maximum absolute atomic E-state index is 11.2. The van der Waals surface area contributed by atoms with Crippen LogP contribution in [0.15, 0.2) is 0 Å². The third-order valence-electron chi connectivity index (χ3n) is 4.23. The van der Waals surface area contributed by atoms with E-state index in [0.717, 1.165) is 19.3 Å². The van der Waals surface area contributed by atoms with E-state index in [1.165, 1.54) is 19.3 Å². The maximum Gasteiger partial charge on any atom is 0.511 e. The summed E-state index contributed by atoms with van der Waals surface area (Å²) < 4.78 is 21.9. The molecule has 28 heavy (non-hydrogen) atoms. The van der Waals surface area contributed by atoms with E-state index in [4.69, 9.17) is 24.1 Å². The third kappa shape index (κ3) is 6.69. The Morgan fingerprint density at radius 2 is 1.29 bits per heavy atom. The summed E-state index contributed by atoms with van der Waals surface area (Å²) in [6, 6.07) is 0. The van der Waals surface area contributed by atoms with Crippen molar-refractivity contribution in [2.75, 3.05) is 19.8 Å². The average molecular weight is 398 g/mol. The highest BCUT2D eigenvalue weighted by Crippen LogP contribution is 2.53. The van der Waals surface area contributed by atoms with Crippen LogP contribution >= 0.6 is 0 Å². The molecule has 0 atom stereocenters. The fourth-order valence-electron chi connectivity index (χ4n) is 3.05. The number of hydrogen-bond donors (Lipinski definition) is 2. The molecule has 1 rings (SSSR count). The number of aromatic hydroxyl groups is 1. The molecule has 7 heteroatoms. The van der Waals surface area contributed by atoms with Gasteiger partial charge in [0, 0.05) is 5.56 Å². The Morgan fingerprint density at radius 3 is 1.86 bits per heavy atom. The van der Waals surface area contributed by atoms with Gasteiger partial charge in [0.05, 0.1) is 19.8 Å². The van der Waals surface area contributed by atoms with Gasteiger partial charge in [-0.05, 0) is 33.6 Å². The second-order valence-electron chi connectivity index (χ2n) is 6.33. The van der Waals surface area contributed by atoms with Crippen molar-refractivity contribution in [3.8, 4) is 28.7 Å². The molecule has 1 aromatic rings. The number of unbranched alkanes of at least 4 members (excludes halogenated alkanes) is 5. The fourth-order valence-corrected chi connectivity index (χ4v) is 3.05. The molecule has 0 saturated heterocycles. The van der Waals surface area contributed by atoms with E-state index >= 15 is 0 Å². The van der Waals surface area contributed by atoms with Crippen LogP contribution in [0.1, 0.15) is 71.8 Å². The number of carbonyl (C=O) groups is 1. The van der Waals surface area contributed by atoms with Gasteiger partial charge in [-0.2, -0.15) is 0 Å². The van der Waals surface area contributed by atoms with Crippen LogP contribution in [0.3, 0.4) is 0 Å². The van der Waals surface area contributed by atoms with Crippen LogP contribution in [0.4, 0.5) is 4.79 Å². The van der Waals surface area contributed by atoms with Crippen LogP contribution < -0.4 is 18.9 Å². The van der Waals surface area contributed by atoms with E-state index in [9.17, 15) is 9.90 Å². The molecule has 0 bridgehead atoms. The van der Waals surface area contributed by atoms with E-state index in [2.05, 4.69) is 6.92 Å². The predicted molar refractivity (Wildman–Crippen MR) is 107 cm³/mol. The highest BCUT2D eigenvalue weighted by Gasteiger charge is 2.29. The largest absolute Gasteiger partial charge is 0.511 e. The molecule has 0 saturated carbocycles. The minimum atomic E-state index is -1.51. The summed E-state index contributed by atoms with van der Waals surface area (Å²) in [5, 5.41) is 19.8. The molecule has 0 radical (unpaired) electrons. The van der Waals surface area contributed by atoms with Crippen LogP contribution in [0.2, 0.25) is 0 Å². The smallest absolute Gasteiger partial charge is 0.502 e. The fraction of sp³-hybridized carbons (Fsp3) is 0.667. The number of phenols is 1. The summed E-state index contributed by atoms with van der Waals surface area (Å²) in [6.07, 6.45) is 5.47. The summed E-state index contributed by atoms with van der Waals surface area (Å²) in [5.41, 5.74) is 0.490. The molecule has 0 aliphatic rings. The lowest BCUT2D eigenvalue weighted by molar-refractivity contribution is 0.141. The van der Waals surface area contributed by atoms with E-state index in [1.807, 2.05) is 13.8 Å². The lowest BCUT2D eigenvalue weighted by atomic mass is 10.0. The van der Waals surface area contributed by atoms with Crippen LogP contribution in [0.5, 0.6) is 28.7 Å². The second-order valence-corrected chi connectivity index (χ2v) is 6.33. The van der Waals surface area contributed by atoms with Crippen molar-refractivity contribution in [3.05, 3.63) is 5.56 Å². The highest BCUT2D eigenvalue weighted by atomic mass is 16.7. The molecule has 1 aromatic carbocycles. The summed E-state index contributed by atoms with van der Waals surface area (Å²) in [6.45, 7) is 8.54. The van der Waals surface area contributed by atoms with Gasteiger partial charge in [-0.1, -0.05) is 39.0 Å². The number of ether oxygens (including phenoxy) is 4. The molecule has 0 heterocycles. The number of carboxylic acid groups (broad SMARTS) is 1. The highest BCUT2D eigenvalue weighted by molar-refractivity contribution is 5.73. The van der Waals surface area contributed by atoms with Crippen molar-refractivity contribution >= 4 is 6.16 Å². The Balaban J connectivity index is 3.33. The Bertz CT molecular complexity index is 614. The van der Waals surface area contributed by atoms with Gasteiger partial charge in [-0.3, -0.25) is 0 Å². The monoisotopic (exact) mass is 398 g/mol. The molecule has 0 aromatic heterocycles. The average Bonchev–Trinajstić information content (AvgIpc) is 2.66. The zero-order valence-corrected chi connectivity index (χ0v) is 17.5. The number of phenolic OH excluding ortho intramolecular Hbond substituents is 1. The topological polar surface area (TPSA) is 94.5 Å². The normalized spacial score (nSPS) is 10.6. The van der Waals surface area contributed by atoms with Gasteiger partial charge in [-0.15, -0.1) is 0 Å². The van der Waals surface area contributed by atoms with Crippen molar-refractivity contribution in [2.45, 2.75) is 72.6 Å². The first-order valence-electron chi connectivity index (χ1n) is 10.2. The molecule has 0 amide bonds. The van der Waals surface area contributed by atoms with Gasteiger partial charge in [0.2, 0.25) is 17.2 Å². The molecule has 0 aliphatic carbocycles. The van der Waals surface area contributed by atoms with Gasteiger partial charge >= 0.3 is 6.16 Å². The van der Waals surface area contributed by atoms with Gasteiger partial charge in [0.1, 0.15) is 0 Å². The van der Waals surface area contributed by atoms with E-state index in [0.29, 0.717) is 30.9 Å². The van der Waals surface area contributed by atoms with Crippen LogP contribution in [0, 0.1) is 0 Å². The molecule has 7 nitrogen and oxygen atoms in total. The standard InChI is InChI=1S/C21H34O7/c1-5-9-10-11-12-13-14-15-17(28-21(23)24)16(22)19(26-7-3)20(27-8-4)18(15)25-6-2/h22H,5-14H2,1-4H3,(H,23,24). The Hall–Kier alpha value is -2.31. The van der Waals surface area contributed by atoms with Crippen molar-refractivity contribution in [3.63, 3.8) is 0 Å². The molecule has 160 valence electrons. The zero-order chi connectivity index (χ0) is 20.9. The van der Waals surface area contributed by atoms with E-state index in [1.54, 1.807) is 6.92 Å². The Kier molecular flexibility index (Phi) is 11.0. The molecule has 0 spiro atoms. The van der Waals surface area contributed by atoms with Gasteiger partial charge in [0.25, 0.3) is 0 Å². The molecular formula is C21H34O7. The minimum absolute atomic E-state index is 0.0377. The molecule has 0 fully saturated rings. The third-order valence-corrected chi connectivity index (χ3v) is 4.23. The lowest BCUT2D eigenvalue weighted by Gasteiger charge is -2.22. The summed E-state index contributed by atoms with van der Waals surface area (Å²) >= 11 is 0. The van der Waals surface area contributed by atoms with Gasteiger partial charge < -0.3 is 29.2 Å². The van der Waals surface area contributed by atoms with Crippen molar-refractivity contribution in [1.82, 2.24) is 0 Å². The quantitative estimate of drug-likeness (QED) is 0.241. The SMILES string of the molecule is CCCCCCCCc1c(OC(=O)O)c(O)c(OCC)c(OCC)c1OCC. The van der Waals surface area contributed by atoms with Crippen molar-refractivity contribution in [1.29, 1.82) is 0 Å². The zero-order valence-electron chi connectivity index (χ0n) is 17.5. The van der Waals surface area contributed by atoms with Crippen molar-refractivity contribution < 1.29 is 34.0 Å². The van der Waals surface area contributed by atoms with Crippen molar-refractivity contribution in [2.24, 2.45) is 0 Å². The molecule has 0 unspecified atom stereocenters. The van der Waals surface area contributed by atoms with Crippen LogP contribution in [-0.2, 0) is 6.42 Å². The maximum atomic E-state index is 11.2. The molecular weight excluding hydrogens is 364 g/mol. The molecule has 2 N–H and O–H groups in total. The van der Waals surface area contributed by atoms with E-state index < -0.39 is 6.16 Å². The first kappa shape index (κ1) is 23.7. The predicted octanol–water partition coefficient (Wildman–Crippen LogP) is 5.55. The Morgan fingerprint density at radius 1 is 0.750 bits per heavy atom. The van der Waals surface area contributed by atoms with E-state index in [-0.39, 0.29) is 29.6 Å². The first-order valence-corrected chi connectivity index (χ1v) is 10.2. The first-order chi connectivity index (χ1) is 13.5. The summed E-state index contributed by atoms with van der Waals surface area (Å²) in [4.78, 5) is 11.2. The molecule has 0 aliphatic heterocycles. The van der Waals surface area contributed by atoms with Crippen LogP contribution in [-0.4, -0.2) is 36.2 Å². The Labute approximate surface area is 167 Å². The second kappa shape index (κ2) is 13.0. The lowest BCUT2D eigenvalue weighted by Crippen LogP contribution is -2.11. The number of hydrogen-bond acceptors (Lipinski definition) is 6.